The fourth-order valence-electron chi connectivity index (χ4n) is 2.49. The summed E-state index contributed by atoms with van der Waals surface area (Å²) < 4.78 is 7.87. The summed E-state index contributed by atoms with van der Waals surface area (Å²) in [5, 5.41) is 17.8. The molecule has 0 spiro atoms. The largest absolute Gasteiger partial charge is 0.420 e. The minimum Gasteiger partial charge on any atom is -0.420 e. The van der Waals surface area contributed by atoms with Crippen LogP contribution in [-0.4, -0.2) is 25.0 Å². The van der Waals surface area contributed by atoms with Gasteiger partial charge in [-0.15, -0.1) is 27.0 Å². The molecule has 24 heavy (non-hydrogen) atoms. The molecular formula is C17H17N5OS. The fourth-order valence-corrected chi connectivity index (χ4v) is 3.28. The highest BCUT2D eigenvalue weighted by Gasteiger charge is 2.30. The van der Waals surface area contributed by atoms with Crippen LogP contribution in [-0.2, 0) is 12.3 Å². The Kier molecular flexibility index (Phi) is 4.17. The van der Waals surface area contributed by atoms with Crippen molar-refractivity contribution in [3.8, 4) is 11.5 Å². The maximum Gasteiger partial charge on any atom is 0.247 e. The number of hydrogen-bond acceptors (Lipinski definition) is 6. The number of rotatable bonds is 7. The van der Waals surface area contributed by atoms with Gasteiger partial charge in [0.1, 0.15) is 5.82 Å². The van der Waals surface area contributed by atoms with Crippen LogP contribution in [0.5, 0.6) is 0 Å². The van der Waals surface area contributed by atoms with Gasteiger partial charge in [0.2, 0.25) is 11.8 Å². The zero-order valence-electron chi connectivity index (χ0n) is 13.1. The molecule has 3 aromatic rings. The van der Waals surface area contributed by atoms with Gasteiger partial charge >= 0.3 is 0 Å². The van der Waals surface area contributed by atoms with Crippen molar-refractivity contribution in [2.75, 3.05) is 0 Å². The quantitative estimate of drug-likeness (QED) is 0.483. The highest BCUT2D eigenvalue weighted by atomic mass is 32.2. The molecule has 0 saturated heterocycles. The molecule has 0 atom stereocenters. The number of allylic oxidation sites excluding steroid dienone is 1. The first-order chi connectivity index (χ1) is 11.8. The Balaban J connectivity index is 1.47. The molecule has 0 radical (unpaired) electrons. The molecule has 1 saturated carbocycles. The Bertz CT molecular complexity index is 838. The molecule has 2 heterocycles. The van der Waals surface area contributed by atoms with Gasteiger partial charge in [-0.2, -0.15) is 0 Å². The van der Waals surface area contributed by atoms with E-state index >= 15 is 0 Å². The summed E-state index contributed by atoms with van der Waals surface area (Å²) in [7, 11) is 0. The molecule has 1 aromatic carbocycles. The molecule has 1 fully saturated rings. The SMILES string of the molecule is C=CCn1c(SCc2nnc(-c3ccccc3)o2)nnc1C1CC1. The molecule has 0 amide bonds. The van der Waals surface area contributed by atoms with E-state index in [9.17, 15) is 0 Å². The van der Waals surface area contributed by atoms with Crippen LogP contribution in [0.1, 0.15) is 30.5 Å². The summed E-state index contributed by atoms with van der Waals surface area (Å²) in [4.78, 5) is 0. The van der Waals surface area contributed by atoms with Gasteiger partial charge in [0.25, 0.3) is 0 Å². The van der Waals surface area contributed by atoms with E-state index in [1.807, 2.05) is 36.4 Å². The summed E-state index contributed by atoms with van der Waals surface area (Å²) in [6, 6.07) is 9.76. The minimum atomic E-state index is 0.539. The highest BCUT2D eigenvalue weighted by Crippen LogP contribution is 2.40. The molecule has 6 nitrogen and oxygen atoms in total. The van der Waals surface area contributed by atoms with E-state index in [2.05, 4.69) is 31.5 Å². The van der Waals surface area contributed by atoms with Crippen molar-refractivity contribution in [2.45, 2.75) is 36.2 Å². The van der Waals surface area contributed by atoms with Gasteiger partial charge in [-0.25, -0.2) is 0 Å². The van der Waals surface area contributed by atoms with Crippen molar-refractivity contribution in [3.63, 3.8) is 0 Å². The van der Waals surface area contributed by atoms with E-state index in [1.165, 1.54) is 12.8 Å². The predicted molar refractivity (Wildman–Crippen MR) is 91.5 cm³/mol. The van der Waals surface area contributed by atoms with Crippen LogP contribution in [0.2, 0.25) is 0 Å². The van der Waals surface area contributed by atoms with Crippen LogP contribution in [0.15, 0.2) is 52.6 Å². The van der Waals surface area contributed by atoms with Crippen LogP contribution < -0.4 is 0 Å². The molecule has 0 unspecified atom stereocenters. The summed E-state index contributed by atoms with van der Waals surface area (Å²) >= 11 is 1.56. The second kappa shape index (κ2) is 6.60. The fraction of sp³-hybridized carbons (Fsp3) is 0.294. The number of hydrogen-bond donors (Lipinski definition) is 0. The van der Waals surface area contributed by atoms with E-state index < -0.39 is 0 Å². The molecule has 2 aromatic heterocycles. The lowest BCUT2D eigenvalue weighted by Crippen LogP contribution is -2.02. The van der Waals surface area contributed by atoms with Crippen molar-refractivity contribution in [1.29, 1.82) is 0 Å². The predicted octanol–water partition coefficient (Wildman–Crippen LogP) is 3.68. The van der Waals surface area contributed by atoms with Crippen LogP contribution in [0.4, 0.5) is 0 Å². The lowest BCUT2D eigenvalue weighted by molar-refractivity contribution is 0.528. The van der Waals surface area contributed by atoms with Gasteiger partial charge in [-0.3, -0.25) is 0 Å². The maximum absolute atomic E-state index is 5.74. The molecule has 0 aliphatic heterocycles. The lowest BCUT2D eigenvalue weighted by Gasteiger charge is -2.05. The highest BCUT2D eigenvalue weighted by molar-refractivity contribution is 7.98. The first-order valence-corrected chi connectivity index (χ1v) is 8.88. The van der Waals surface area contributed by atoms with Gasteiger partial charge in [0, 0.05) is 18.0 Å². The molecule has 4 rings (SSSR count). The van der Waals surface area contributed by atoms with Gasteiger partial charge in [0.15, 0.2) is 5.16 Å². The minimum absolute atomic E-state index is 0.539. The third-order valence-corrected chi connectivity index (χ3v) is 4.76. The van der Waals surface area contributed by atoms with Crippen molar-refractivity contribution in [3.05, 3.63) is 54.7 Å². The van der Waals surface area contributed by atoms with E-state index in [4.69, 9.17) is 4.42 Å². The molecular weight excluding hydrogens is 322 g/mol. The molecule has 7 heteroatoms. The number of nitrogens with zero attached hydrogens (tertiary/aromatic N) is 5. The van der Waals surface area contributed by atoms with Crippen molar-refractivity contribution in [1.82, 2.24) is 25.0 Å². The van der Waals surface area contributed by atoms with E-state index in [-0.39, 0.29) is 0 Å². The molecule has 1 aliphatic carbocycles. The third kappa shape index (κ3) is 3.12. The van der Waals surface area contributed by atoms with Gasteiger partial charge in [0.05, 0.1) is 5.75 Å². The van der Waals surface area contributed by atoms with Crippen LogP contribution >= 0.6 is 11.8 Å². The third-order valence-electron chi connectivity index (χ3n) is 3.81. The first-order valence-electron chi connectivity index (χ1n) is 7.89. The van der Waals surface area contributed by atoms with Crippen LogP contribution in [0.3, 0.4) is 0 Å². The Hall–Kier alpha value is -2.41. The summed E-state index contributed by atoms with van der Waals surface area (Å²) in [5.41, 5.74) is 0.923. The zero-order chi connectivity index (χ0) is 16.4. The lowest BCUT2D eigenvalue weighted by atomic mass is 10.2. The maximum atomic E-state index is 5.74. The number of aromatic nitrogens is 5. The van der Waals surface area contributed by atoms with Crippen LogP contribution in [0, 0.1) is 0 Å². The number of thioether (sulfide) groups is 1. The zero-order valence-corrected chi connectivity index (χ0v) is 13.9. The van der Waals surface area contributed by atoms with Gasteiger partial charge in [-0.1, -0.05) is 36.0 Å². The Morgan fingerprint density at radius 2 is 2.00 bits per heavy atom. The Labute approximate surface area is 144 Å². The van der Waals surface area contributed by atoms with Crippen molar-refractivity contribution < 1.29 is 4.42 Å². The molecule has 0 N–H and O–H groups in total. The normalized spacial score (nSPS) is 14.0. The van der Waals surface area contributed by atoms with Crippen LogP contribution in [0.25, 0.3) is 11.5 Å². The Morgan fingerprint density at radius 1 is 1.17 bits per heavy atom. The van der Waals surface area contributed by atoms with Crippen molar-refractivity contribution in [2.24, 2.45) is 0 Å². The second-order valence-corrected chi connectivity index (χ2v) is 6.61. The monoisotopic (exact) mass is 339 g/mol. The average Bonchev–Trinajstić information content (AvgIpc) is 3.21. The van der Waals surface area contributed by atoms with Gasteiger partial charge < -0.3 is 8.98 Å². The Morgan fingerprint density at radius 3 is 2.75 bits per heavy atom. The van der Waals surface area contributed by atoms with Crippen molar-refractivity contribution >= 4 is 11.8 Å². The average molecular weight is 339 g/mol. The second-order valence-electron chi connectivity index (χ2n) is 5.67. The summed E-state index contributed by atoms with van der Waals surface area (Å²) in [6.07, 6.45) is 4.27. The van der Waals surface area contributed by atoms with E-state index in [0.717, 1.165) is 23.1 Å². The first kappa shape index (κ1) is 15.1. The smallest absolute Gasteiger partial charge is 0.247 e. The standard InChI is InChI=1S/C17H17N5OS/c1-2-10-22-15(12-8-9-12)19-21-17(22)24-11-14-18-20-16(23-14)13-6-4-3-5-7-13/h2-7,12H,1,8-11H2. The molecule has 122 valence electrons. The number of benzene rings is 1. The summed E-state index contributed by atoms with van der Waals surface area (Å²) in [5.74, 6) is 3.31. The topological polar surface area (TPSA) is 69.6 Å². The summed E-state index contributed by atoms with van der Waals surface area (Å²) in [6.45, 7) is 4.55. The van der Waals surface area contributed by atoms with E-state index in [1.54, 1.807) is 11.8 Å². The van der Waals surface area contributed by atoms with Gasteiger partial charge in [-0.05, 0) is 25.0 Å². The molecule has 0 bridgehead atoms. The van der Waals surface area contributed by atoms with E-state index in [0.29, 0.717) is 23.5 Å². The molecule has 1 aliphatic rings.